The molecule has 4 aromatic carbocycles. The van der Waals surface area contributed by atoms with Crippen LogP contribution in [0.2, 0.25) is 0 Å². The lowest BCUT2D eigenvalue weighted by atomic mass is 9.71. The molecule has 5 aromatic rings. The highest BCUT2D eigenvalue weighted by molar-refractivity contribution is 7.19. The minimum Gasteiger partial charge on any atom is -0.508 e. The fourth-order valence-corrected chi connectivity index (χ4v) is 10.3. The first-order valence-corrected chi connectivity index (χ1v) is 24.2. The van der Waals surface area contributed by atoms with Crippen LogP contribution in [0, 0.1) is 16.7 Å². The molecule has 0 unspecified atom stereocenters. The van der Waals surface area contributed by atoms with E-state index in [4.69, 9.17) is 14.2 Å². The molecule has 1 aromatic heterocycles. The number of phenols is 2. The van der Waals surface area contributed by atoms with Gasteiger partial charge >= 0.3 is 6.09 Å². The largest absolute Gasteiger partial charge is 0.508 e. The van der Waals surface area contributed by atoms with Gasteiger partial charge in [-0.2, -0.15) is 5.26 Å². The summed E-state index contributed by atoms with van der Waals surface area (Å²) in [5.41, 5.74) is 1.83. The van der Waals surface area contributed by atoms with Gasteiger partial charge in [0.1, 0.15) is 40.9 Å². The molecule has 73 heavy (non-hydrogen) atoms. The van der Waals surface area contributed by atoms with Gasteiger partial charge < -0.3 is 49.7 Å². The van der Waals surface area contributed by atoms with Crippen LogP contribution in [0.5, 0.6) is 28.7 Å². The monoisotopic (exact) mass is 1010 g/mol. The van der Waals surface area contributed by atoms with E-state index in [2.05, 4.69) is 15.6 Å². The molecule has 1 spiro atoms. The Labute approximate surface area is 423 Å². The molecule has 4 N–H and O–H groups in total. The second-order valence-corrected chi connectivity index (χ2v) is 19.8. The molecule has 1 aliphatic carbocycles. The Morgan fingerprint density at radius 3 is 2.19 bits per heavy atom. The second-order valence-electron chi connectivity index (χ2n) is 18.7. The zero-order chi connectivity index (χ0) is 52.5. The average Bonchev–Trinajstić information content (AvgIpc) is 3.93. The number of phenolic OH excluding ortho intramolecular Hbond substituents is 2. The number of nitriles is 1. The number of hydrogen-bond donors (Lipinski definition) is 4. The van der Waals surface area contributed by atoms with Gasteiger partial charge in [0.2, 0.25) is 11.8 Å². The van der Waals surface area contributed by atoms with E-state index in [1.807, 2.05) is 6.07 Å². The van der Waals surface area contributed by atoms with Crippen molar-refractivity contribution in [3.05, 3.63) is 128 Å². The van der Waals surface area contributed by atoms with Crippen molar-refractivity contribution in [3.8, 4) is 34.8 Å². The van der Waals surface area contributed by atoms with Gasteiger partial charge in [-0.25, -0.2) is 9.78 Å². The maximum Gasteiger partial charge on any atom is 0.415 e. The Morgan fingerprint density at radius 2 is 1.52 bits per heavy atom. The molecule has 0 fully saturated rings. The lowest BCUT2D eigenvalue weighted by Crippen LogP contribution is -2.42. The summed E-state index contributed by atoms with van der Waals surface area (Å²) in [4.78, 5) is 99.7. The number of rotatable bonds is 16. The summed E-state index contributed by atoms with van der Waals surface area (Å²) < 4.78 is 18.9. The summed E-state index contributed by atoms with van der Waals surface area (Å²) in [7, 11) is 1.58. The van der Waals surface area contributed by atoms with E-state index < -0.39 is 29.1 Å². The Morgan fingerprint density at radius 1 is 0.863 bits per heavy atom. The molecule has 0 saturated heterocycles. The topological polar surface area (TPSA) is 255 Å². The van der Waals surface area contributed by atoms with Crippen LogP contribution in [0.25, 0.3) is 10.2 Å². The van der Waals surface area contributed by atoms with Crippen molar-refractivity contribution >= 4 is 63.2 Å². The highest BCUT2D eigenvalue weighted by Crippen LogP contribution is 2.59. The number of amides is 4. The first-order chi connectivity index (χ1) is 34.8. The number of Topliss-reactive ketones (excluding diaryl/α,β-unsaturated/α-hetero) is 2. The molecule has 1 atom stereocenters. The van der Waals surface area contributed by atoms with Crippen molar-refractivity contribution < 1.29 is 58.0 Å². The third kappa shape index (κ3) is 10.0. The van der Waals surface area contributed by atoms with Crippen molar-refractivity contribution in [1.82, 2.24) is 25.4 Å². The van der Waals surface area contributed by atoms with Gasteiger partial charge in [-0.15, -0.1) is 11.3 Å². The van der Waals surface area contributed by atoms with E-state index in [-0.39, 0.29) is 115 Å². The summed E-state index contributed by atoms with van der Waals surface area (Å²) in [5, 5.41) is 35.6. The van der Waals surface area contributed by atoms with Crippen molar-refractivity contribution in [1.29, 1.82) is 5.26 Å². The predicted octanol–water partition coefficient (Wildman–Crippen LogP) is 7.05. The van der Waals surface area contributed by atoms with Gasteiger partial charge in [0, 0.05) is 115 Å². The van der Waals surface area contributed by atoms with Gasteiger partial charge in [0.15, 0.2) is 28.5 Å². The van der Waals surface area contributed by atoms with Gasteiger partial charge in [-0.05, 0) is 86.8 Å². The van der Waals surface area contributed by atoms with Gasteiger partial charge in [-0.1, -0.05) is 19.9 Å². The number of aromatic nitrogens is 1. The molecule has 4 amide bonds. The lowest BCUT2D eigenvalue weighted by Gasteiger charge is -2.37. The van der Waals surface area contributed by atoms with Crippen LogP contribution in [0.1, 0.15) is 97.6 Å². The number of carbonyl (C=O) groups excluding carboxylic acids is 7. The normalized spacial score (nSPS) is 15.5. The average molecular weight is 1010 g/mol. The minimum atomic E-state index is -1.37. The van der Waals surface area contributed by atoms with Crippen LogP contribution < -0.4 is 20.1 Å². The Balaban J connectivity index is 0.876. The number of allylic oxidation sites excluding steroid dienone is 4. The molecule has 0 saturated carbocycles. The molecular weight excluding hydrogens is 957 g/mol. The molecule has 2 aliphatic heterocycles. The Kier molecular flexibility index (Phi) is 14.4. The minimum absolute atomic E-state index is 0.00478. The van der Waals surface area contributed by atoms with Crippen molar-refractivity contribution in [3.63, 3.8) is 0 Å². The van der Waals surface area contributed by atoms with E-state index in [9.17, 15) is 49.0 Å². The Hall–Kier alpha value is -8.21. The molecule has 3 heterocycles. The lowest BCUT2D eigenvalue weighted by molar-refractivity contribution is -0.132. The van der Waals surface area contributed by atoms with Crippen molar-refractivity contribution in [2.45, 2.75) is 65.6 Å². The molecule has 19 heteroatoms. The quantitative estimate of drug-likeness (QED) is 0.0439. The second kappa shape index (κ2) is 20.5. The molecule has 0 bridgehead atoms. The third-order valence-corrected chi connectivity index (χ3v) is 14.3. The molecule has 3 aliphatic rings. The summed E-state index contributed by atoms with van der Waals surface area (Å²) in [6.45, 7) is 8.59. The maximum atomic E-state index is 13.7. The SMILES string of the molecule is CC1=C(C)C(=O)C(C(C)(C)CC(=O)N(C)CCN(CCCC(=O)NCCNC(=O)c2ccc3c(c2)[C@H](C=O)OC32c3ccc(O)cc3Oc3cc(O)ccc32)C(=O)Oc2ccc3nc(C#N)sc3c2)=C(C)C1=O. The summed E-state index contributed by atoms with van der Waals surface area (Å²) in [6, 6.07) is 20.7. The molecule has 18 nitrogen and oxygen atoms in total. The number of ether oxygens (including phenoxy) is 3. The zero-order valence-corrected chi connectivity index (χ0v) is 41.7. The maximum absolute atomic E-state index is 13.7. The van der Waals surface area contributed by atoms with Crippen LogP contribution >= 0.6 is 11.3 Å². The number of benzene rings is 4. The summed E-state index contributed by atoms with van der Waals surface area (Å²) in [5.74, 6) is -1.04. The van der Waals surface area contributed by atoms with E-state index in [0.717, 1.165) is 11.3 Å². The van der Waals surface area contributed by atoms with Crippen LogP contribution in [-0.2, 0) is 34.3 Å². The molecule has 8 rings (SSSR count). The van der Waals surface area contributed by atoms with Gasteiger partial charge in [0.05, 0.1) is 10.2 Å². The number of ketones is 2. The number of hydrogen-bond acceptors (Lipinski definition) is 15. The number of nitrogens with one attached hydrogen (secondary N) is 2. The van der Waals surface area contributed by atoms with Crippen molar-refractivity contribution in [2.24, 2.45) is 5.41 Å². The third-order valence-electron chi connectivity index (χ3n) is 13.4. The number of carbonyl (C=O) groups is 7. The summed E-state index contributed by atoms with van der Waals surface area (Å²) >= 11 is 1.14. The molecular formula is C54H52N6O12S. The van der Waals surface area contributed by atoms with E-state index in [1.165, 1.54) is 34.1 Å². The fraction of sp³-hybridized carbons (Fsp3) is 0.315. The standard InChI is InChI=1S/C54H52N6O12S/c1-29-30(2)50(67)48(31(3)49(29)66)53(4,5)26-47(65)59(6)20-21-60(52(69)70-35-12-16-40-44(25-35)73-46(27-55)58-40)19-7-8-45(64)56-17-18-57-51(68)32-9-13-37-36(22-32)43(28-61)72-54(37)38-14-10-33(62)23-41(38)71-42-24-34(63)11-15-39(42)54/h9-16,22-25,28,43,62-63H,7-8,17-21,26H2,1-6H3,(H,56,64)(H,57,68)/t43-/m0/s1. The van der Waals surface area contributed by atoms with Gasteiger partial charge in [0.25, 0.3) is 5.91 Å². The van der Waals surface area contributed by atoms with Crippen LogP contribution in [0.15, 0.2) is 95.1 Å². The van der Waals surface area contributed by atoms with E-state index >= 15 is 0 Å². The van der Waals surface area contributed by atoms with Crippen LogP contribution in [-0.4, -0.2) is 106 Å². The highest BCUT2D eigenvalue weighted by atomic mass is 32.1. The number of aromatic hydroxyl groups is 2. The van der Waals surface area contributed by atoms with Crippen molar-refractivity contribution in [2.75, 3.05) is 39.8 Å². The number of thiazole rings is 1. The van der Waals surface area contributed by atoms with E-state index in [1.54, 1.807) is 90.2 Å². The number of likely N-dealkylation sites (N-methyl/N-ethyl adjacent to an activating group) is 1. The predicted molar refractivity (Wildman–Crippen MR) is 266 cm³/mol. The number of aldehydes is 1. The summed E-state index contributed by atoms with van der Waals surface area (Å²) in [6.07, 6.45) is -1.09. The smallest absolute Gasteiger partial charge is 0.415 e. The number of fused-ring (bicyclic) bond motifs is 7. The van der Waals surface area contributed by atoms with Crippen LogP contribution in [0.3, 0.4) is 0 Å². The molecule has 376 valence electrons. The van der Waals surface area contributed by atoms with Gasteiger partial charge in [-0.3, -0.25) is 24.0 Å². The highest BCUT2D eigenvalue weighted by Gasteiger charge is 2.53. The molecule has 0 radical (unpaired) electrons. The van der Waals surface area contributed by atoms with E-state index in [0.29, 0.717) is 61.0 Å². The van der Waals surface area contributed by atoms with Crippen LogP contribution in [0.4, 0.5) is 4.79 Å². The first-order valence-electron chi connectivity index (χ1n) is 23.4. The zero-order valence-electron chi connectivity index (χ0n) is 40.9. The first kappa shape index (κ1) is 51.2. The fourth-order valence-electron chi connectivity index (χ4n) is 9.51. The number of nitrogens with zero attached hydrogens (tertiary/aromatic N) is 4. The Bertz CT molecular complexity index is 3210.